The molecule has 0 aromatic heterocycles. The van der Waals surface area contributed by atoms with E-state index >= 15 is 0 Å². The van der Waals surface area contributed by atoms with E-state index in [0.29, 0.717) is 0 Å². The van der Waals surface area contributed by atoms with Crippen LogP contribution in [0.15, 0.2) is 0 Å². The Bertz CT molecular complexity index is 505. The van der Waals surface area contributed by atoms with Gasteiger partial charge in [0.1, 0.15) is 0 Å². The Labute approximate surface area is 177 Å². The van der Waals surface area contributed by atoms with Gasteiger partial charge in [0.25, 0.3) is 0 Å². The summed E-state index contributed by atoms with van der Waals surface area (Å²) in [6.45, 7) is -0.326. The van der Waals surface area contributed by atoms with Gasteiger partial charge in [-0.2, -0.15) is 0 Å². The van der Waals surface area contributed by atoms with Gasteiger partial charge in [-0.3, -0.25) is 0 Å². The van der Waals surface area contributed by atoms with Crippen molar-refractivity contribution < 1.29 is 68.9 Å². The zero-order valence-electron chi connectivity index (χ0n) is 16.2. The van der Waals surface area contributed by atoms with Crippen LogP contribution in [0.3, 0.4) is 0 Å². The van der Waals surface area contributed by atoms with Crippen LogP contribution in [0.5, 0.6) is 0 Å². The SMILES string of the molecule is CCC[O][Sn]([C](F)(F)CCC(F)(F)F)([C](F)(F)CCC(F)(F)F)[C](F)(F)CCC(F)(F)F. The van der Waals surface area contributed by atoms with Crippen molar-refractivity contribution in [2.45, 2.75) is 82.2 Å². The number of hydrogen-bond donors (Lipinski definition) is 0. The molecule has 0 fully saturated rings. The maximum absolute atomic E-state index is 14.8. The van der Waals surface area contributed by atoms with E-state index in [9.17, 15) is 65.9 Å². The van der Waals surface area contributed by atoms with Gasteiger partial charge < -0.3 is 0 Å². The fourth-order valence-corrected chi connectivity index (χ4v) is 14.7. The van der Waals surface area contributed by atoms with Crippen molar-refractivity contribution in [2.75, 3.05) is 6.61 Å². The predicted octanol–water partition coefficient (Wildman–Crippen LogP) is 7.91. The van der Waals surface area contributed by atoms with Crippen LogP contribution in [0.25, 0.3) is 0 Å². The van der Waals surface area contributed by atoms with E-state index in [-0.39, 0.29) is 0 Å². The molecule has 0 aromatic rings. The third kappa shape index (κ3) is 8.81. The summed E-state index contributed by atoms with van der Waals surface area (Å²) in [5.74, 6) is 0. The molecule has 0 rings (SSSR count). The average molecular weight is 619 g/mol. The van der Waals surface area contributed by atoms with Crippen molar-refractivity contribution in [1.82, 2.24) is 0 Å². The topological polar surface area (TPSA) is 9.23 Å². The molecule has 0 unspecified atom stereocenters. The van der Waals surface area contributed by atoms with E-state index in [4.69, 9.17) is 0 Å². The Morgan fingerprint density at radius 2 is 0.719 bits per heavy atom. The molecular formula is C15H19F15OSn. The summed E-state index contributed by atoms with van der Waals surface area (Å²) < 4.78 is 187. The Morgan fingerprint density at radius 1 is 0.469 bits per heavy atom. The zero-order valence-corrected chi connectivity index (χ0v) is 19.1. The molecule has 0 saturated heterocycles. The van der Waals surface area contributed by atoms with Gasteiger partial charge in [-0.25, -0.2) is 0 Å². The van der Waals surface area contributed by atoms with Crippen LogP contribution in [0.1, 0.15) is 51.9 Å². The summed E-state index contributed by atoms with van der Waals surface area (Å²) in [4.78, 5) is 0. The zero-order chi connectivity index (χ0) is 25.9. The van der Waals surface area contributed by atoms with Crippen LogP contribution in [-0.2, 0) is 3.07 Å². The van der Waals surface area contributed by atoms with Crippen molar-refractivity contribution in [3.05, 3.63) is 0 Å². The van der Waals surface area contributed by atoms with Crippen molar-refractivity contribution in [2.24, 2.45) is 0 Å². The molecule has 194 valence electrons. The molecular weight excluding hydrogens is 600 g/mol. The summed E-state index contributed by atoms with van der Waals surface area (Å²) >= 11 is -8.87. The molecule has 0 aromatic carbocycles. The third-order valence-electron chi connectivity index (χ3n) is 4.24. The van der Waals surface area contributed by atoms with Crippen LogP contribution < -0.4 is 0 Å². The second-order valence-corrected chi connectivity index (χ2v) is 18.0. The molecule has 0 aliphatic heterocycles. The van der Waals surface area contributed by atoms with Crippen LogP contribution in [0, 0.1) is 0 Å². The first kappa shape index (κ1) is 31.7. The summed E-state index contributed by atoms with van der Waals surface area (Å²) in [5, 5.41) is 0. The van der Waals surface area contributed by atoms with E-state index in [1.807, 2.05) is 0 Å². The summed E-state index contributed by atoms with van der Waals surface area (Å²) in [6, 6.07) is 0. The molecule has 0 heterocycles. The molecule has 0 spiro atoms. The molecule has 17 heteroatoms. The number of alkyl halides is 15. The second-order valence-electron chi connectivity index (χ2n) is 6.99. The standard InChI is InChI=1S/3C4H4F5.C3H7O.Sn/c3*5-3(6)1-2-4(7,8)9;1-2-3-4;/h3*1-2H2;2-3H2,1H3;/q;;;-1;+1. The van der Waals surface area contributed by atoms with Crippen molar-refractivity contribution in [3.8, 4) is 0 Å². The molecule has 0 atom stereocenters. The molecule has 0 N–H and O–H groups in total. The summed E-state index contributed by atoms with van der Waals surface area (Å²) in [5.41, 5.74) is 0. The molecule has 32 heavy (non-hydrogen) atoms. The molecule has 1 nitrogen and oxygen atoms in total. The van der Waals surface area contributed by atoms with Crippen LogP contribution in [0.4, 0.5) is 65.9 Å². The maximum atomic E-state index is 14.8. The fourth-order valence-electron chi connectivity index (χ4n) is 2.80. The molecule has 0 aliphatic carbocycles. The normalized spacial score (nSPS) is 15.4. The first-order valence-corrected chi connectivity index (χ1v) is 14.4. The van der Waals surface area contributed by atoms with Crippen molar-refractivity contribution in [3.63, 3.8) is 0 Å². The van der Waals surface area contributed by atoms with Gasteiger partial charge in [-0.1, -0.05) is 0 Å². The Hall–Kier alpha value is -0.291. The number of rotatable bonds is 12. The van der Waals surface area contributed by atoms with Gasteiger partial charge in [0.15, 0.2) is 0 Å². The van der Waals surface area contributed by atoms with Gasteiger partial charge in [-0.05, 0) is 0 Å². The molecule has 0 radical (unpaired) electrons. The minimum absolute atomic E-state index is 0.543. The van der Waals surface area contributed by atoms with Crippen LogP contribution in [0.2, 0.25) is 0 Å². The van der Waals surface area contributed by atoms with E-state index < -0.39 is 101 Å². The van der Waals surface area contributed by atoms with Crippen molar-refractivity contribution in [1.29, 1.82) is 0 Å². The van der Waals surface area contributed by atoms with Crippen LogP contribution >= 0.6 is 0 Å². The number of halogens is 15. The van der Waals surface area contributed by atoms with E-state index in [1.54, 1.807) is 0 Å². The van der Waals surface area contributed by atoms with Gasteiger partial charge in [0.05, 0.1) is 0 Å². The third-order valence-corrected chi connectivity index (χ3v) is 17.0. The van der Waals surface area contributed by atoms with Gasteiger partial charge in [0, 0.05) is 0 Å². The van der Waals surface area contributed by atoms with Gasteiger partial charge in [-0.15, -0.1) is 0 Å². The van der Waals surface area contributed by atoms with Crippen LogP contribution in [-0.4, -0.2) is 55.7 Å². The average Bonchev–Trinajstić information content (AvgIpc) is 2.55. The quantitative estimate of drug-likeness (QED) is 0.160. The monoisotopic (exact) mass is 620 g/mol. The van der Waals surface area contributed by atoms with E-state index in [0.717, 1.165) is 6.92 Å². The minimum atomic E-state index is -8.87. The Balaban J connectivity index is 6.71. The first-order chi connectivity index (χ1) is 13.9. The summed E-state index contributed by atoms with van der Waals surface area (Å²) in [6.07, 6.45) is -32.8. The van der Waals surface area contributed by atoms with E-state index in [2.05, 4.69) is 3.07 Å². The van der Waals surface area contributed by atoms with Crippen molar-refractivity contribution >= 4 is 18.8 Å². The second kappa shape index (κ2) is 10.5. The molecule has 0 saturated carbocycles. The first-order valence-electron chi connectivity index (χ1n) is 8.91. The Morgan fingerprint density at radius 3 is 0.906 bits per heavy atom. The number of hydrogen-bond acceptors (Lipinski definition) is 1. The summed E-state index contributed by atoms with van der Waals surface area (Å²) in [7, 11) is 0. The molecule has 0 amide bonds. The Kier molecular flexibility index (Phi) is 10.4. The van der Waals surface area contributed by atoms with E-state index in [1.165, 1.54) is 0 Å². The van der Waals surface area contributed by atoms with Gasteiger partial charge >= 0.3 is 177 Å². The predicted molar refractivity (Wildman–Crippen MR) is 82.7 cm³/mol. The molecule has 0 bridgehead atoms. The molecule has 0 aliphatic rings. The van der Waals surface area contributed by atoms with Gasteiger partial charge in [0.2, 0.25) is 0 Å². The fraction of sp³-hybridized carbons (Fsp3) is 1.00.